The first-order valence-electron chi connectivity index (χ1n) is 12.1. The molecule has 2 atom stereocenters. The fourth-order valence-electron chi connectivity index (χ4n) is 3.88. The molecule has 2 bridgehead atoms. The summed E-state index contributed by atoms with van der Waals surface area (Å²) < 4.78 is 0. The van der Waals surface area contributed by atoms with Crippen LogP contribution in [0.2, 0.25) is 0 Å². The molecular formula is C27H46N4. The molecule has 2 heterocycles. The van der Waals surface area contributed by atoms with Crippen molar-refractivity contribution in [3.05, 3.63) is 28.6 Å². The molecule has 1 aromatic heterocycles. The molecule has 1 aliphatic rings. The van der Waals surface area contributed by atoms with E-state index in [4.69, 9.17) is 15.0 Å². The van der Waals surface area contributed by atoms with Gasteiger partial charge in [0, 0.05) is 12.4 Å². The zero-order chi connectivity index (χ0) is 23.5. The number of nitrogens with one attached hydrogen (secondary N) is 1. The van der Waals surface area contributed by atoms with Gasteiger partial charge in [-0.1, -0.05) is 61.5 Å². The van der Waals surface area contributed by atoms with E-state index in [0.29, 0.717) is 0 Å². The van der Waals surface area contributed by atoms with Crippen molar-refractivity contribution in [2.24, 2.45) is 9.98 Å². The number of pyridine rings is 1. The van der Waals surface area contributed by atoms with Crippen molar-refractivity contribution in [2.75, 3.05) is 13.1 Å². The third-order valence-corrected chi connectivity index (χ3v) is 6.90. The van der Waals surface area contributed by atoms with Gasteiger partial charge < -0.3 is 5.32 Å². The monoisotopic (exact) mass is 426 g/mol. The molecule has 0 radical (unpaired) electrons. The summed E-state index contributed by atoms with van der Waals surface area (Å²) in [5, 5.41) is 3.63. The van der Waals surface area contributed by atoms with Gasteiger partial charge in [0.1, 0.15) is 0 Å². The molecule has 31 heavy (non-hydrogen) atoms. The third kappa shape index (κ3) is 6.71. The maximum absolute atomic E-state index is 5.18. The summed E-state index contributed by atoms with van der Waals surface area (Å²) in [6, 6.07) is 2.36. The van der Waals surface area contributed by atoms with Gasteiger partial charge in [-0.05, 0) is 74.6 Å². The second-order valence-corrected chi connectivity index (χ2v) is 11.8. The van der Waals surface area contributed by atoms with Crippen molar-refractivity contribution in [2.45, 2.75) is 117 Å². The SMILES string of the molecule is CC[C@]1(C)CCNCC[C@@](C)(CC)/N=C/c2nc(c(C(C)(C)C)cc2C(C)(C)C)/C=N/1. The Hall–Kier alpha value is -1.55. The second kappa shape index (κ2) is 9.52. The van der Waals surface area contributed by atoms with Crippen LogP contribution in [0.4, 0.5) is 0 Å². The highest BCUT2D eigenvalue weighted by Crippen LogP contribution is 2.32. The number of hydrogen-bond donors (Lipinski definition) is 1. The molecular weight excluding hydrogens is 380 g/mol. The Balaban J connectivity index is 2.77. The Morgan fingerprint density at radius 3 is 1.48 bits per heavy atom. The van der Waals surface area contributed by atoms with Crippen LogP contribution in [-0.2, 0) is 10.8 Å². The second-order valence-electron chi connectivity index (χ2n) is 11.8. The van der Waals surface area contributed by atoms with Crippen molar-refractivity contribution in [3.63, 3.8) is 0 Å². The largest absolute Gasteiger partial charge is 0.317 e. The lowest BCUT2D eigenvalue weighted by Crippen LogP contribution is -2.32. The number of rotatable bonds is 2. The number of nitrogens with zero attached hydrogens (tertiary/aromatic N) is 3. The predicted octanol–water partition coefficient (Wildman–Crippen LogP) is 6.24. The molecule has 1 aliphatic heterocycles. The van der Waals surface area contributed by atoms with E-state index in [0.717, 1.165) is 50.2 Å². The van der Waals surface area contributed by atoms with Crippen LogP contribution in [0.5, 0.6) is 0 Å². The zero-order valence-corrected chi connectivity index (χ0v) is 21.8. The van der Waals surface area contributed by atoms with E-state index in [1.165, 1.54) is 11.1 Å². The molecule has 0 spiro atoms. The van der Waals surface area contributed by atoms with Gasteiger partial charge in [0.25, 0.3) is 0 Å². The van der Waals surface area contributed by atoms with Crippen molar-refractivity contribution in [1.29, 1.82) is 0 Å². The van der Waals surface area contributed by atoms with Gasteiger partial charge in [0.05, 0.1) is 22.5 Å². The molecule has 1 N–H and O–H groups in total. The summed E-state index contributed by atoms with van der Waals surface area (Å²) in [6.45, 7) is 24.5. The van der Waals surface area contributed by atoms with Gasteiger partial charge >= 0.3 is 0 Å². The Bertz CT molecular complexity index is 747. The van der Waals surface area contributed by atoms with Crippen LogP contribution in [0.3, 0.4) is 0 Å². The maximum atomic E-state index is 5.18. The number of aromatic nitrogens is 1. The smallest absolute Gasteiger partial charge is 0.0853 e. The van der Waals surface area contributed by atoms with Crippen molar-refractivity contribution >= 4 is 12.4 Å². The molecule has 0 aliphatic carbocycles. The van der Waals surface area contributed by atoms with Crippen LogP contribution in [0.25, 0.3) is 0 Å². The first-order valence-corrected chi connectivity index (χ1v) is 12.1. The first kappa shape index (κ1) is 25.7. The topological polar surface area (TPSA) is 49.6 Å². The average molecular weight is 427 g/mol. The van der Waals surface area contributed by atoms with Crippen LogP contribution in [-0.4, -0.2) is 41.6 Å². The Labute approximate surface area is 191 Å². The van der Waals surface area contributed by atoms with Gasteiger partial charge in [-0.2, -0.15) is 0 Å². The summed E-state index contributed by atoms with van der Waals surface area (Å²) in [5.41, 5.74) is 4.25. The van der Waals surface area contributed by atoms with E-state index in [1.54, 1.807) is 0 Å². The van der Waals surface area contributed by atoms with Crippen LogP contribution in [0.15, 0.2) is 16.1 Å². The molecule has 0 fully saturated rings. The van der Waals surface area contributed by atoms with Gasteiger partial charge in [-0.15, -0.1) is 0 Å². The molecule has 0 amide bonds. The molecule has 4 nitrogen and oxygen atoms in total. The van der Waals surface area contributed by atoms with E-state index in [9.17, 15) is 0 Å². The quantitative estimate of drug-likeness (QED) is 0.609. The van der Waals surface area contributed by atoms with Crippen LogP contribution in [0, 0.1) is 0 Å². The Morgan fingerprint density at radius 2 is 1.16 bits per heavy atom. The summed E-state index contributed by atoms with van der Waals surface area (Å²) in [7, 11) is 0. The van der Waals surface area contributed by atoms with E-state index >= 15 is 0 Å². The first-order chi connectivity index (χ1) is 14.2. The average Bonchev–Trinajstić information content (AvgIpc) is 2.68. The number of fused-ring (bicyclic) bond motifs is 2. The third-order valence-electron chi connectivity index (χ3n) is 6.90. The Morgan fingerprint density at radius 1 is 0.774 bits per heavy atom. The van der Waals surface area contributed by atoms with Gasteiger partial charge in [-0.25, -0.2) is 4.98 Å². The van der Waals surface area contributed by atoms with E-state index < -0.39 is 0 Å². The minimum absolute atomic E-state index is 0.0163. The lowest BCUT2D eigenvalue weighted by atomic mass is 9.79. The van der Waals surface area contributed by atoms with Crippen molar-refractivity contribution in [1.82, 2.24) is 10.3 Å². The highest BCUT2D eigenvalue weighted by atomic mass is 14.9. The van der Waals surface area contributed by atoms with E-state index in [2.05, 4.69) is 80.6 Å². The highest BCUT2D eigenvalue weighted by molar-refractivity contribution is 5.86. The minimum atomic E-state index is -0.0844. The summed E-state index contributed by atoms with van der Waals surface area (Å²) in [4.78, 5) is 15.3. The normalized spacial score (nSPS) is 28.1. The molecule has 1 aromatic rings. The summed E-state index contributed by atoms with van der Waals surface area (Å²) in [6.07, 6.45) is 8.11. The van der Waals surface area contributed by atoms with Crippen LogP contribution >= 0.6 is 0 Å². The predicted molar refractivity (Wildman–Crippen MR) is 136 cm³/mol. The molecule has 4 heteroatoms. The molecule has 0 aromatic carbocycles. The van der Waals surface area contributed by atoms with Crippen molar-refractivity contribution in [3.8, 4) is 0 Å². The molecule has 174 valence electrons. The fraction of sp³-hybridized carbons (Fsp3) is 0.741. The highest BCUT2D eigenvalue weighted by Gasteiger charge is 2.28. The lowest BCUT2D eigenvalue weighted by Gasteiger charge is -2.30. The van der Waals surface area contributed by atoms with E-state index in [1.807, 2.05) is 12.4 Å². The molecule has 0 saturated carbocycles. The molecule has 0 saturated heterocycles. The van der Waals surface area contributed by atoms with Crippen molar-refractivity contribution < 1.29 is 0 Å². The standard InChI is InChI=1S/C27H46N4/c1-11-26(9)13-15-28-16-14-27(10,12-2)30-19-23-21(25(6,7)8)17-20(24(3,4)5)22(31-23)18-29-26/h17-19,28H,11-16H2,1-10H3/b29-18+,30-19+/t26-,27-/m1/s1. The minimum Gasteiger partial charge on any atom is -0.317 e. The zero-order valence-electron chi connectivity index (χ0n) is 21.8. The van der Waals surface area contributed by atoms with E-state index in [-0.39, 0.29) is 21.9 Å². The summed E-state index contributed by atoms with van der Waals surface area (Å²) >= 11 is 0. The van der Waals surface area contributed by atoms with Gasteiger partial charge in [-0.3, -0.25) is 9.98 Å². The van der Waals surface area contributed by atoms with Crippen LogP contribution < -0.4 is 5.32 Å². The van der Waals surface area contributed by atoms with Gasteiger partial charge in [0.2, 0.25) is 0 Å². The molecule has 0 unspecified atom stereocenters. The molecule has 2 rings (SSSR count). The number of aliphatic imine (C=N–C) groups is 2. The summed E-state index contributed by atoms with van der Waals surface area (Å²) in [5.74, 6) is 0. The maximum Gasteiger partial charge on any atom is 0.0853 e. The van der Waals surface area contributed by atoms with Gasteiger partial charge in [0.15, 0.2) is 0 Å². The van der Waals surface area contributed by atoms with Crippen LogP contribution in [0.1, 0.15) is 117 Å². The number of hydrogen-bond acceptors (Lipinski definition) is 4. The Kier molecular flexibility index (Phi) is 7.90. The fourth-order valence-corrected chi connectivity index (χ4v) is 3.88. The lowest BCUT2D eigenvalue weighted by molar-refractivity contribution is 0.382.